The molecular formula is C29H33ClFN3O5. The molecule has 3 aromatic rings. The number of Topliss-reactive ketones (excluding diaryl/α,β-unsaturated/α-hetero) is 1. The number of nitrogens with one attached hydrogen (secondary N) is 1. The van der Waals surface area contributed by atoms with Gasteiger partial charge in [-0.25, -0.2) is 4.90 Å². The highest BCUT2D eigenvalue weighted by Gasteiger charge is 2.48. The number of alkyl halides is 1. The van der Waals surface area contributed by atoms with Gasteiger partial charge >= 0.3 is 11.9 Å². The van der Waals surface area contributed by atoms with Gasteiger partial charge in [-0.1, -0.05) is 29.8 Å². The zero-order chi connectivity index (χ0) is 27.6. The van der Waals surface area contributed by atoms with E-state index in [-0.39, 0.29) is 18.3 Å². The third kappa shape index (κ3) is 5.95. The smallest absolute Gasteiger partial charge is 0.330 e. The van der Waals surface area contributed by atoms with Gasteiger partial charge in [0.05, 0.1) is 29.8 Å². The number of hydrogen-bond acceptors (Lipinski definition) is 8. The first kappa shape index (κ1) is 27.6. The van der Waals surface area contributed by atoms with Crippen LogP contribution in [0.15, 0.2) is 40.8 Å². The van der Waals surface area contributed by atoms with Gasteiger partial charge < -0.3 is 19.2 Å². The Bertz CT molecular complexity index is 1350. The molecule has 1 N–H and O–H groups in total. The van der Waals surface area contributed by atoms with Crippen LogP contribution in [0.4, 0.5) is 16.1 Å². The number of oxazole rings is 1. The minimum Gasteiger partial charge on any atom is -0.469 e. The number of esters is 1. The molecule has 1 aliphatic carbocycles. The summed E-state index contributed by atoms with van der Waals surface area (Å²) in [6.07, 6.45) is 3.07. The number of ketones is 1. The Balaban J connectivity index is 1.27. The first-order chi connectivity index (χ1) is 18.8. The van der Waals surface area contributed by atoms with Crippen molar-refractivity contribution in [2.75, 3.05) is 25.5 Å². The largest absolute Gasteiger partial charge is 0.469 e. The second-order valence-corrected chi connectivity index (χ2v) is 10.8. The van der Waals surface area contributed by atoms with Crippen LogP contribution in [0.1, 0.15) is 49.7 Å². The lowest BCUT2D eigenvalue weighted by Crippen LogP contribution is -2.54. The molecule has 1 aliphatic heterocycles. The Morgan fingerprint density at radius 3 is 2.59 bits per heavy atom. The molecule has 1 saturated carbocycles. The fourth-order valence-electron chi connectivity index (χ4n) is 5.44. The number of fused-ring (bicyclic) bond motifs is 1. The van der Waals surface area contributed by atoms with Crippen molar-refractivity contribution in [3.05, 3.63) is 52.5 Å². The van der Waals surface area contributed by atoms with Crippen LogP contribution in [0.3, 0.4) is 0 Å². The number of nitrogens with zero attached hydrogens (tertiary/aromatic N) is 2. The summed E-state index contributed by atoms with van der Waals surface area (Å²) in [5, 5.41) is 3.43. The molecule has 2 aliphatic rings. The molecule has 0 radical (unpaired) electrons. The number of benzene rings is 2. The number of rotatable bonds is 9. The van der Waals surface area contributed by atoms with Gasteiger partial charge in [-0.3, -0.25) is 9.59 Å². The molecule has 5 rings (SSSR count). The van der Waals surface area contributed by atoms with Crippen LogP contribution >= 0.6 is 11.6 Å². The van der Waals surface area contributed by atoms with E-state index in [1.54, 1.807) is 18.2 Å². The highest BCUT2D eigenvalue weighted by molar-refractivity contribution is 6.33. The summed E-state index contributed by atoms with van der Waals surface area (Å²) in [4.78, 5) is 31.3. The summed E-state index contributed by atoms with van der Waals surface area (Å²) >= 11 is 6.52. The summed E-state index contributed by atoms with van der Waals surface area (Å²) in [6, 6.07) is 11.1. The Labute approximate surface area is 231 Å². The number of aryl methyl sites for hydroxylation is 1. The van der Waals surface area contributed by atoms with Gasteiger partial charge in [0, 0.05) is 19.5 Å². The fraction of sp³-hybridized carbons (Fsp3) is 0.483. The number of likely N-dealkylation sites (tertiary alicyclic amines) is 1. The zero-order valence-corrected chi connectivity index (χ0v) is 22.9. The molecule has 2 aromatic carbocycles. The molecule has 2 fully saturated rings. The van der Waals surface area contributed by atoms with E-state index in [1.165, 1.54) is 12.0 Å². The third-order valence-electron chi connectivity index (χ3n) is 7.65. The van der Waals surface area contributed by atoms with Crippen molar-refractivity contribution in [3.8, 4) is 0 Å². The average molecular weight is 558 g/mol. The number of carbonyl (C=O) groups excluding carboxylic acids is 2. The van der Waals surface area contributed by atoms with Crippen LogP contribution in [0, 0.1) is 12.8 Å². The summed E-state index contributed by atoms with van der Waals surface area (Å²) < 4.78 is 33.0. The van der Waals surface area contributed by atoms with E-state index in [4.69, 9.17) is 25.5 Å². The fourth-order valence-corrected chi connectivity index (χ4v) is 5.69. The van der Waals surface area contributed by atoms with Gasteiger partial charge in [0.15, 0.2) is 5.58 Å². The van der Waals surface area contributed by atoms with E-state index in [9.17, 15) is 9.59 Å². The van der Waals surface area contributed by atoms with Crippen molar-refractivity contribution < 1.29 is 27.9 Å². The number of para-hydroxylation sites is 1. The maximum absolute atomic E-state index is 16.5. The molecule has 39 heavy (non-hydrogen) atoms. The lowest BCUT2D eigenvalue weighted by molar-refractivity contribution is -0.252. The van der Waals surface area contributed by atoms with E-state index in [1.807, 2.05) is 25.1 Å². The minimum atomic E-state index is -2.53. The molecule has 1 atom stereocenters. The van der Waals surface area contributed by atoms with Crippen LogP contribution in [0.2, 0.25) is 5.02 Å². The second kappa shape index (κ2) is 11.6. The van der Waals surface area contributed by atoms with Crippen molar-refractivity contribution in [1.82, 2.24) is 9.88 Å². The molecule has 1 saturated heterocycles. The van der Waals surface area contributed by atoms with Gasteiger partial charge in [-0.15, -0.1) is 0 Å². The number of methoxy groups -OCH3 is 1. The quantitative estimate of drug-likeness (QED) is 0.249. The summed E-state index contributed by atoms with van der Waals surface area (Å²) in [7, 11) is 1.37. The zero-order valence-electron chi connectivity index (χ0n) is 22.2. The summed E-state index contributed by atoms with van der Waals surface area (Å²) in [6.45, 7) is 2.86. The Hall–Kier alpha value is -3.01. The third-order valence-corrected chi connectivity index (χ3v) is 7.96. The normalized spacial score (nSPS) is 21.5. The lowest BCUT2D eigenvalue weighted by Gasteiger charge is -2.37. The van der Waals surface area contributed by atoms with E-state index in [0.717, 1.165) is 23.9 Å². The van der Waals surface area contributed by atoms with Crippen molar-refractivity contribution in [2.24, 2.45) is 5.92 Å². The lowest BCUT2D eigenvalue weighted by atomic mass is 9.87. The Kier molecular flexibility index (Phi) is 8.21. The number of anilines is 2. The van der Waals surface area contributed by atoms with Crippen molar-refractivity contribution in [2.45, 2.75) is 64.0 Å². The van der Waals surface area contributed by atoms with Crippen LogP contribution in [-0.4, -0.2) is 53.9 Å². The number of halogens is 2. The first-order valence-electron chi connectivity index (χ1n) is 13.4. The average Bonchev–Trinajstić information content (AvgIpc) is 3.61. The minimum absolute atomic E-state index is 0.174. The monoisotopic (exact) mass is 557 g/mol. The number of aromatic nitrogens is 1. The predicted molar refractivity (Wildman–Crippen MR) is 146 cm³/mol. The maximum Gasteiger partial charge on any atom is 0.330 e. The summed E-state index contributed by atoms with van der Waals surface area (Å²) in [5.41, 5.74) is 3.55. The molecule has 0 bridgehead atoms. The van der Waals surface area contributed by atoms with Crippen LogP contribution in [0.25, 0.3) is 11.1 Å². The molecule has 10 heteroatoms. The van der Waals surface area contributed by atoms with Crippen LogP contribution in [0.5, 0.6) is 0 Å². The molecule has 8 nitrogen and oxygen atoms in total. The Morgan fingerprint density at radius 2 is 1.92 bits per heavy atom. The molecular weight excluding hydrogens is 525 g/mol. The van der Waals surface area contributed by atoms with Gasteiger partial charge in [0.25, 0.3) is 6.01 Å². The molecule has 0 spiro atoms. The van der Waals surface area contributed by atoms with Gasteiger partial charge in [-0.2, -0.15) is 9.37 Å². The van der Waals surface area contributed by atoms with Gasteiger partial charge in [0.1, 0.15) is 5.52 Å². The summed E-state index contributed by atoms with van der Waals surface area (Å²) in [5.74, 6) is -3.65. The highest BCUT2D eigenvalue weighted by atomic mass is 35.5. The SMILES string of the molecule is COC(=O)C1CCC(OC(F)(C(=O)Cc2ccc(Nc3nc4c(C)cccc4o3)c(Cl)c2)N2CCCC2)CC1. The highest BCUT2D eigenvalue weighted by Crippen LogP contribution is 2.35. The number of ether oxygens (including phenoxy) is 2. The Morgan fingerprint density at radius 1 is 1.18 bits per heavy atom. The van der Waals surface area contributed by atoms with Crippen molar-refractivity contribution in [1.29, 1.82) is 0 Å². The standard InChI is InChI=1S/C29H33ClFN3O5/c1-18-6-5-7-24-26(18)33-28(38-24)32-23-13-8-19(16-22(23)30)17-25(35)29(31,34-14-3-4-15-34)39-21-11-9-20(10-12-21)27(36)37-2/h5-8,13,16,20-21H,3-4,9-12,14-15,17H2,1-2H3,(H,32,33). The molecule has 0 amide bonds. The van der Waals surface area contributed by atoms with E-state index >= 15 is 4.39 Å². The van der Waals surface area contributed by atoms with Gasteiger partial charge in [-0.05, 0) is 74.8 Å². The molecule has 2 heterocycles. The van der Waals surface area contributed by atoms with Crippen molar-refractivity contribution >= 4 is 46.2 Å². The van der Waals surface area contributed by atoms with E-state index in [0.29, 0.717) is 66.6 Å². The van der Waals surface area contributed by atoms with Crippen LogP contribution in [-0.2, 0) is 25.5 Å². The van der Waals surface area contributed by atoms with Gasteiger partial charge in [0.2, 0.25) is 5.78 Å². The molecule has 1 unspecified atom stereocenters. The molecule has 208 valence electrons. The predicted octanol–water partition coefficient (Wildman–Crippen LogP) is 6.11. The first-order valence-corrected chi connectivity index (χ1v) is 13.8. The topological polar surface area (TPSA) is 93.9 Å². The maximum atomic E-state index is 16.5. The van der Waals surface area contributed by atoms with Crippen LogP contribution < -0.4 is 5.32 Å². The van der Waals surface area contributed by atoms with Crippen molar-refractivity contribution in [3.63, 3.8) is 0 Å². The van der Waals surface area contributed by atoms with E-state index in [2.05, 4.69) is 10.3 Å². The number of carbonyl (C=O) groups is 2. The van der Waals surface area contributed by atoms with E-state index < -0.39 is 17.9 Å². The second-order valence-electron chi connectivity index (χ2n) is 10.3. The number of hydrogen-bond donors (Lipinski definition) is 1. The molecule has 1 aromatic heterocycles.